The number of aromatic nitrogens is 1. The van der Waals surface area contributed by atoms with Gasteiger partial charge < -0.3 is 9.47 Å². The second-order valence-corrected chi connectivity index (χ2v) is 5.92. The SMILES string of the molecule is COCCCN(Cc1ccc2c(c1)CCO2)Cc1ccccn1. The molecule has 1 aliphatic rings. The summed E-state index contributed by atoms with van der Waals surface area (Å²) in [6.07, 6.45) is 3.90. The topological polar surface area (TPSA) is 34.6 Å². The molecule has 122 valence electrons. The summed E-state index contributed by atoms with van der Waals surface area (Å²) in [6, 6.07) is 12.6. The molecule has 4 heteroatoms. The van der Waals surface area contributed by atoms with E-state index >= 15 is 0 Å². The predicted octanol–water partition coefficient (Wildman–Crippen LogP) is 3.06. The molecular formula is C19H24N2O2. The molecule has 0 N–H and O–H groups in total. The van der Waals surface area contributed by atoms with Crippen LogP contribution in [0, 0.1) is 0 Å². The zero-order valence-corrected chi connectivity index (χ0v) is 13.7. The van der Waals surface area contributed by atoms with E-state index in [-0.39, 0.29) is 0 Å². The Kier molecular flexibility index (Phi) is 5.61. The summed E-state index contributed by atoms with van der Waals surface area (Å²) in [5, 5.41) is 0. The fourth-order valence-corrected chi connectivity index (χ4v) is 2.96. The second-order valence-electron chi connectivity index (χ2n) is 5.92. The molecule has 1 aliphatic heterocycles. The van der Waals surface area contributed by atoms with Gasteiger partial charge >= 0.3 is 0 Å². The molecule has 23 heavy (non-hydrogen) atoms. The van der Waals surface area contributed by atoms with Gasteiger partial charge in [-0.3, -0.25) is 9.88 Å². The molecule has 0 radical (unpaired) electrons. The highest BCUT2D eigenvalue weighted by Gasteiger charge is 2.14. The van der Waals surface area contributed by atoms with Crippen LogP contribution < -0.4 is 4.74 Å². The summed E-state index contributed by atoms with van der Waals surface area (Å²) < 4.78 is 10.8. The maximum absolute atomic E-state index is 5.59. The third-order valence-corrected chi connectivity index (χ3v) is 4.09. The van der Waals surface area contributed by atoms with Crippen molar-refractivity contribution >= 4 is 0 Å². The Morgan fingerprint density at radius 1 is 1.22 bits per heavy atom. The Hall–Kier alpha value is -1.91. The first kappa shape index (κ1) is 16.0. The molecule has 2 heterocycles. The second kappa shape index (κ2) is 8.09. The number of fused-ring (bicyclic) bond motifs is 1. The molecule has 1 aromatic carbocycles. The van der Waals surface area contributed by atoms with Crippen molar-refractivity contribution in [2.45, 2.75) is 25.9 Å². The van der Waals surface area contributed by atoms with Crippen molar-refractivity contribution in [1.29, 1.82) is 0 Å². The van der Waals surface area contributed by atoms with Gasteiger partial charge in [0.05, 0.1) is 12.3 Å². The zero-order valence-electron chi connectivity index (χ0n) is 13.7. The van der Waals surface area contributed by atoms with Crippen LogP contribution in [0.2, 0.25) is 0 Å². The minimum absolute atomic E-state index is 0.788. The van der Waals surface area contributed by atoms with E-state index in [0.29, 0.717) is 0 Å². The van der Waals surface area contributed by atoms with Crippen LogP contribution in [0.4, 0.5) is 0 Å². The number of hydrogen-bond acceptors (Lipinski definition) is 4. The van der Waals surface area contributed by atoms with Crippen LogP contribution in [0.15, 0.2) is 42.6 Å². The van der Waals surface area contributed by atoms with E-state index in [4.69, 9.17) is 9.47 Å². The Balaban J connectivity index is 1.67. The highest BCUT2D eigenvalue weighted by molar-refractivity contribution is 5.39. The van der Waals surface area contributed by atoms with Gasteiger partial charge in [0, 0.05) is 46.0 Å². The lowest BCUT2D eigenvalue weighted by atomic mass is 10.1. The molecule has 0 saturated carbocycles. The fourth-order valence-electron chi connectivity index (χ4n) is 2.96. The lowest BCUT2D eigenvalue weighted by Crippen LogP contribution is -2.25. The molecule has 0 amide bonds. The first-order chi connectivity index (χ1) is 11.3. The lowest BCUT2D eigenvalue weighted by molar-refractivity contribution is 0.166. The molecule has 0 spiro atoms. The van der Waals surface area contributed by atoms with E-state index in [1.54, 1.807) is 7.11 Å². The molecule has 0 atom stereocenters. The molecule has 0 saturated heterocycles. The summed E-state index contributed by atoms with van der Waals surface area (Å²) >= 11 is 0. The van der Waals surface area contributed by atoms with Gasteiger partial charge in [-0.05, 0) is 35.7 Å². The summed E-state index contributed by atoms with van der Waals surface area (Å²) in [5.74, 6) is 1.05. The van der Waals surface area contributed by atoms with E-state index in [0.717, 1.165) is 57.1 Å². The van der Waals surface area contributed by atoms with Crippen LogP contribution in [0.1, 0.15) is 23.2 Å². The summed E-state index contributed by atoms with van der Waals surface area (Å²) in [4.78, 5) is 6.88. The van der Waals surface area contributed by atoms with Crippen LogP contribution in [0.5, 0.6) is 5.75 Å². The number of rotatable bonds is 8. The molecule has 3 rings (SSSR count). The van der Waals surface area contributed by atoms with Gasteiger partial charge in [-0.15, -0.1) is 0 Å². The van der Waals surface area contributed by atoms with E-state index < -0.39 is 0 Å². The van der Waals surface area contributed by atoms with Gasteiger partial charge in [-0.2, -0.15) is 0 Å². The van der Waals surface area contributed by atoms with Crippen LogP contribution in [0.3, 0.4) is 0 Å². The maximum atomic E-state index is 5.59. The van der Waals surface area contributed by atoms with Crippen molar-refractivity contribution in [2.75, 3.05) is 26.9 Å². The van der Waals surface area contributed by atoms with E-state index in [9.17, 15) is 0 Å². The van der Waals surface area contributed by atoms with Crippen LogP contribution in [-0.4, -0.2) is 36.8 Å². The summed E-state index contributed by atoms with van der Waals surface area (Å²) in [5.41, 5.74) is 3.77. The van der Waals surface area contributed by atoms with Crippen molar-refractivity contribution in [2.24, 2.45) is 0 Å². The Labute approximate surface area is 138 Å². The predicted molar refractivity (Wildman–Crippen MR) is 90.5 cm³/mol. The maximum Gasteiger partial charge on any atom is 0.122 e. The minimum Gasteiger partial charge on any atom is -0.493 e. The van der Waals surface area contributed by atoms with Gasteiger partial charge in [0.25, 0.3) is 0 Å². The standard InChI is InChI=1S/C19H24N2O2/c1-22-11-4-10-21(15-18-5-2-3-9-20-18)14-16-6-7-19-17(13-16)8-12-23-19/h2-3,5-7,9,13H,4,8,10-12,14-15H2,1H3. The lowest BCUT2D eigenvalue weighted by Gasteiger charge is -2.22. The summed E-state index contributed by atoms with van der Waals surface area (Å²) in [7, 11) is 1.75. The van der Waals surface area contributed by atoms with Gasteiger partial charge in [0.1, 0.15) is 5.75 Å². The van der Waals surface area contributed by atoms with Crippen molar-refractivity contribution in [3.8, 4) is 5.75 Å². The van der Waals surface area contributed by atoms with Crippen molar-refractivity contribution in [3.05, 3.63) is 59.4 Å². The Morgan fingerprint density at radius 2 is 2.17 bits per heavy atom. The molecule has 1 aromatic heterocycles. The fraction of sp³-hybridized carbons (Fsp3) is 0.421. The third kappa shape index (κ3) is 4.53. The van der Waals surface area contributed by atoms with Crippen LogP contribution in [-0.2, 0) is 24.2 Å². The number of benzene rings is 1. The van der Waals surface area contributed by atoms with Crippen molar-refractivity contribution < 1.29 is 9.47 Å². The average molecular weight is 312 g/mol. The smallest absolute Gasteiger partial charge is 0.122 e. The number of ether oxygens (including phenoxy) is 2. The number of pyridine rings is 1. The molecule has 0 bridgehead atoms. The highest BCUT2D eigenvalue weighted by atomic mass is 16.5. The van der Waals surface area contributed by atoms with Crippen LogP contribution in [0.25, 0.3) is 0 Å². The van der Waals surface area contributed by atoms with Crippen LogP contribution >= 0.6 is 0 Å². The summed E-state index contributed by atoms with van der Waals surface area (Å²) in [6.45, 7) is 4.38. The van der Waals surface area contributed by atoms with Gasteiger partial charge in [0.2, 0.25) is 0 Å². The molecule has 4 nitrogen and oxygen atoms in total. The molecule has 0 unspecified atom stereocenters. The third-order valence-electron chi connectivity index (χ3n) is 4.09. The normalized spacial score (nSPS) is 13.1. The number of methoxy groups -OCH3 is 1. The Morgan fingerprint density at radius 3 is 3.00 bits per heavy atom. The highest BCUT2D eigenvalue weighted by Crippen LogP contribution is 2.26. The largest absolute Gasteiger partial charge is 0.493 e. The number of hydrogen-bond donors (Lipinski definition) is 0. The van der Waals surface area contributed by atoms with E-state index in [2.05, 4.69) is 34.1 Å². The van der Waals surface area contributed by atoms with E-state index in [1.165, 1.54) is 11.1 Å². The quantitative estimate of drug-likeness (QED) is 0.702. The minimum atomic E-state index is 0.788. The van der Waals surface area contributed by atoms with E-state index in [1.807, 2.05) is 18.3 Å². The van der Waals surface area contributed by atoms with Gasteiger partial charge in [-0.25, -0.2) is 0 Å². The monoisotopic (exact) mass is 312 g/mol. The zero-order chi connectivity index (χ0) is 15.9. The van der Waals surface area contributed by atoms with Crippen molar-refractivity contribution in [3.63, 3.8) is 0 Å². The molecule has 2 aromatic rings. The number of nitrogens with zero attached hydrogens (tertiary/aromatic N) is 2. The van der Waals surface area contributed by atoms with Gasteiger partial charge in [-0.1, -0.05) is 18.2 Å². The molecule has 0 fully saturated rings. The Bertz CT molecular complexity index is 616. The first-order valence-electron chi connectivity index (χ1n) is 8.21. The molecule has 0 aliphatic carbocycles. The van der Waals surface area contributed by atoms with Gasteiger partial charge in [0.15, 0.2) is 0 Å². The van der Waals surface area contributed by atoms with Crippen molar-refractivity contribution in [1.82, 2.24) is 9.88 Å². The molecular weight excluding hydrogens is 288 g/mol. The average Bonchev–Trinajstić information content (AvgIpc) is 3.03. The first-order valence-corrected chi connectivity index (χ1v) is 8.21.